The van der Waals surface area contributed by atoms with Crippen LogP contribution in [0, 0.1) is 0 Å². The Morgan fingerprint density at radius 2 is 1.54 bits per heavy atom. The SMILES string of the molecule is O=C(O)C(S)CCCCOc1ccc2cc(OCc3ccccc3)ccc2c1. The molecule has 5 heteroatoms. The van der Waals surface area contributed by atoms with Crippen molar-refractivity contribution in [1.29, 1.82) is 0 Å². The summed E-state index contributed by atoms with van der Waals surface area (Å²) in [7, 11) is 0. The lowest BCUT2D eigenvalue weighted by Gasteiger charge is -2.10. The van der Waals surface area contributed by atoms with Crippen molar-refractivity contribution in [3.8, 4) is 11.5 Å². The number of aliphatic carboxylic acids is 1. The standard InChI is InChI=1S/C23H24O4S/c24-23(25)22(28)8-4-5-13-26-20-11-9-19-15-21(12-10-18(19)14-20)27-16-17-6-2-1-3-7-17/h1-3,6-7,9-12,14-15,22,28H,4-5,8,13,16H2,(H,24,25). The normalized spacial score (nSPS) is 11.9. The molecule has 0 saturated carbocycles. The van der Waals surface area contributed by atoms with Crippen LogP contribution in [0.3, 0.4) is 0 Å². The number of rotatable bonds is 10. The van der Waals surface area contributed by atoms with Crippen LogP contribution in [0.15, 0.2) is 66.7 Å². The van der Waals surface area contributed by atoms with Gasteiger partial charge in [0.05, 0.1) is 11.9 Å². The third-order valence-electron chi connectivity index (χ3n) is 4.46. The van der Waals surface area contributed by atoms with Crippen molar-refractivity contribution in [1.82, 2.24) is 0 Å². The topological polar surface area (TPSA) is 55.8 Å². The van der Waals surface area contributed by atoms with Gasteiger partial charge in [-0.25, -0.2) is 0 Å². The maximum absolute atomic E-state index is 10.7. The number of carbonyl (C=O) groups is 1. The van der Waals surface area contributed by atoms with Crippen molar-refractivity contribution in [3.05, 3.63) is 72.3 Å². The monoisotopic (exact) mass is 396 g/mol. The van der Waals surface area contributed by atoms with Crippen molar-refractivity contribution in [2.45, 2.75) is 31.1 Å². The summed E-state index contributed by atoms with van der Waals surface area (Å²) >= 11 is 4.03. The highest BCUT2D eigenvalue weighted by Crippen LogP contribution is 2.25. The van der Waals surface area contributed by atoms with Crippen LogP contribution in [0.1, 0.15) is 24.8 Å². The molecular weight excluding hydrogens is 372 g/mol. The van der Waals surface area contributed by atoms with E-state index in [0.29, 0.717) is 19.6 Å². The maximum atomic E-state index is 10.7. The zero-order valence-corrected chi connectivity index (χ0v) is 16.5. The zero-order valence-electron chi connectivity index (χ0n) is 15.6. The molecule has 0 amide bonds. The molecule has 28 heavy (non-hydrogen) atoms. The first kappa shape index (κ1) is 20.1. The third-order valence-corrected chi connectivity index (χ3v) is 4.94. The van der Waals surface area contributed by atoms with Crippen molar-refractivity contribution in [2.24, 2.45) is 0 Å². The van der Waals surface area contributed by atoms with Crippen LogP contribution in [0.2, 0.25) is 0 Å². The number of ether oxygens (including phenoxy) is 2. The average molecular weight is 397 g/mol. The molecule has 1 unspecified atom stereocenters. The number of benzene rings is 3. The van der Waals surface area contributed by atoms with Crippen LogP contribution >= 0.6 is 12.6 Å². The Kier molecular flexibility index (Phi) is 7.20. The minimum Gasteiger partial charge on any atom is -0.494 e. The smallest absolute Gasteiger partial charge is 0.316 e. The van der Waals surface area contributed by atoms with Crippen molar-refractivity contribution in [3.63, 3.8) is 0 Å². The highest BCUT2D eigenvalue weighted by atomic mass is 32.1. The van der Waals surface area contributed by atoms with Crippen molar-refractivity contribution in [2.75, 3.05) is 6.61 Å². The summed E-state index contributed by atoms with van der Waals surface area (Å²) in [5, 5.41) is 10.4. The van der Waals surface area contributed by atoms with Gasteiger partial charge in [0.1, 0.15) is 18.1 Å². The van der Waals surface area contributed by atoms with E-state index in [0.717, 1.165) is 40.7 Å². The van der Waals surface area contributed by atoms with Gasteiger partial charge < -0.3 is 14.6 Å². The summed E-state index contributed by atoms with van der Waals surface area (Å²) in [6, 6.07) is 22.1. The first-order valence-electron chi connectivity index (χ1n) is 9.36. The lowest BCUT2D eigenvalue weighted by Crippen LogP contribution is -2.13. The molecule has 3 rings (SSSR count). The Bertz CT molecular complexity index is 911. The van der Waals surface area contributed by atoms with E-state index in [1.54, 1.807) is 0 Å². The second kappa shape index (κ2) is 10.0. The van der Waals surface area contributed by atoms with E-state index in [2.05, 4.69) is 12.6 Å². The highest BCUT2D eigenvalue weighted by Gasteiger charge is 2.10. The Balaban J connectivity index is 1.50. The largest absolute Gasteiger partial charge is 0.494 e. The van der Waals surface area contributed by atoms with Gasteiger partial charge in [0.25, 0.3) is 0 Å². The Morgan fingerprint density at radius 3 is 2.18 bits per heavy atom. The predicted octanol–water partition coefficient (Wildman–Crippen LogP) is 5.35. The molecule has 4 nitrogen and oxygen atoms in total. The molecule has 0 aliphatic rings. The second-order valence-electron chi connectivity index (χ2n) is 6.64. The summed E-state index contributed by atoms with van der Waals surface area (Å²) in [5.74, 6) is 0.779. The minimum absolute atomic E-state index is 0.544. The van der Waals surface area contributed by atoms with E-state index in [1.807, 2.05) is 66.7 Å². The average Bonchev–Trinajstić information content (AvgIpc) is 2.72. The van der Waals surface area contributed by atoms with E-state index in [4.69, 9.17) is 14.6 Å². The molecule has 0 aliphatic carbocycles. The van der Waals surface area contributed by atoms with Crippen LogP contribution in [0.25, 0.3) is 10.8 Å². The zero-order chi connectivity index (χ0) is 19.8. The second-order valence-corrected chi connectivity index (χ2v) is 7.27. The first-order chi connectivity index (χ1) is 13.6. The molecule has 0 saturated heterocycles. The third kappa shape index (κ3) is 5.92. The molecule has 0 aromatic heterocycles. The van der Waals surface area contributed by atoms with Crippen LogP contribution < -0.4 is 9.47 Å². The molecular formula is C23H24O4S. The van der Waals surface area contributed by atoms with E-state index in [9.17, 15) is 4.79 Å². The van der Waals surface area contributed by atoms with Gasteiger partial charge >= 0.3 is 5.97 Å². The number of fused-ring (bicyclic) bond motifs is 1. The fraction of sp³-hybridized carbons (Fsp3) is 0.261. The number of unbranched alkanes of at least 4 members (excludes halogenated alkanes) is 1. The summed E-state index contributed by atoms with van der Waals surface area (Å²) < 4.78 is 11.7. The van der Waals surface area contributed by atoms with Crippen molar-refractivity contribution >= 4 is 29.4 Å². The van der Waals surface area contributed by atoms with E-state index >= 15 is 0 Å². The fourth-order valence-electron chi connectivity index (χ4n) is 2.88. The first-order valence-corrected chi connectivity index (χ1v) is 9.88. The quantitative estimate of drug-likeness (QED) is 0.358. The molecule has 0 aliphatic heterocycles. The van der Waals surface area contributed by atoms with E-state index in [-0.39, 0.29) is 0 Å². The molecule has 3 aromatic carbocycles. The van der Waals surface area contributed by atoms with Gasteiger partial charge in [0.15, 0.2) is 0 Å². The summed E-state index contributed by atoms with van der Waals surface area (Å²) in [6.45, 7) is 1.10. The van der Waals surface area contributed by atoms with Crippen LogP contribution in [-0.4, -0.2) is 22.9 Å². The lowest BCUT2D eigenvalue weighted by atomic mass is 10.1. The minimum atomic E-state index is -0.870. The molecule has 0 bridgehead atoms. The Morgan fingerprint density at radius 1 is 0.893 bits per heavy atom. The molecule has 146 valence electrons. The van der Waals surface area contributed by atoms with Gasteiger partial charge in [-0.3, -0.25) is 4.79 Å². The van der Waals surface area contributed by atoms with Crippen LogP contribution in [-0.2, 0) is 11.4 Å². The van der Waals surface area contributed by atoms with Gasteiger partial charge in [-0.15, -0.1) is 0 Å². The lowest BCUT2D eigenvalue weighted by molar-refractivity contribution is -0.136. The van der Waals surface area contributed by atoms with Gasteiger partial charge in [0.2, 0.25) is 0 Å². The molecule has 3 aromatic rings. The molecule has 1 atom stereocenters. The highest BCUT2D eigenvalue weighted by molar-refractivity contribution is 7.81. The molecule has 0 radical (unpaired) electrons. The van der Waals surface area contributed by atoms with Gasteiger partial charge in [-0.05, 0) is 59.9 Å². The van der Waals surface area contributed by atoms with Crippen LogP contribution in [0.4, 0.5) is 0 Å². The van der Waals surface area contributed by atoms with Gasteiger partial charge in [-0.2, -0.15) is 12.6 Å². The summed E-state index contributed by atoms with van der Waals surface area (Å²) in [6.07, 6.45) is 2.12. The fourth-order valence-corrected chi connectivity index (χ4v) is 3.06. The van der Waals surface area contributed by atoms with Crippen molar-refractivity contribution < 1.29 is 19.4 Å². The summed E-state index contributed by atoms with van der Waals surface area (Å²) in [4.78, 5) is 10.7. The summed E-state index contributed by atoms with van der Waals surface area (Å²) in [5.41, 5.74) is 1.14. The Labute approximate surface area is 170 Å². The molecule has 0 heterocycles. The number of hydrogen-bond donors (Lipinski definition) is 2. The Hall–Kier alpha value is -2.66. The van der Waals surface area contributed by atoms with Gasteiger partial charge in [0, 0.05) is 0 Å². The molecule has 0 spiro atoms. The van der Waals surface area contributed by atoms with Gasteiger partial charge in [-0.1, -0.05) is 42.5 Å². The van der Waals surface area contributed by atoms with Crippen LogP contribution in [0.5, 0.6) is 11.5 Å². The number of thiol groups is 1. The maximum Gasteiger partial charge on any atom is 0.316 e. The molecule has 0 fully saturated rings. The molecule has 1 N–H and O–H groups in total. The number of hydrogen-bond acceptors (Lipinski definition) is 4. The number of carboxylic acid groups (broad SMARTS) is 1. The number of carboxylic acids is 1. The predicted molar refractivity (Wildman–Crippen MR) is 114 cm³/mol. The van der Waals surface area contributed by atoms with E-state index < -0.39 is 11.2 Å². The van der Waals surface area contributed by atoms with E-state index in [1.165, 1.54) is 0 Å².